The van der Waals surface area contributed by atoms with Crippen LogP contribution in [0.1, 0.15) is 35.1 Å². The number of amides is 1. The second kappa shape index (κ2) is 7.75. The van der Waals surface area contributed by atoms with Gasteiger partial charge in [-0.05, 0) is 37.6 Å². The number of ether oxygens (including phenoxy) is 1. The molecule has 0 aliphatic heterocycles. The van der Waals surface area contributed by atoms with Crippen LogP contribution in [0.3, 0.4) is 0 Å². The van der Waals surface area contributed by atoms with Crippen LogP contribution in [0.25, 0.3) is 10.9 Å². The Balaban J connectivity index is 2.13. The predicted molar refractivity (Wildman–Crippen MR) is 106 cm³/mol. The lowest BCUT2D eigenvalue weighted by Crippen LogP contribution is -2.14. The molecular weight excluding hydrogens is 340 g/mol. The average molecular weight is 360 g/mol. The maximum absolute atomic E-state index is 11.9. The molecule has 0 aliphatic carbocycles. The molecule has 0 spiro atoms. The molecule has 136 valence electrons. The number of rotatable bonds is 6. The summed E-state index contributed by atoms with van der Waals surface area (Å²) >= 11 is 0. The number of fused-ring (bicyclic) bond motifs is 1. The van der Waals surface area contributed by atoms with Crippen LogP contribution >= 0.6 is 0 Å². The van der Waals surface area contributed by atoms with Crippen LogP contribution in [-0.2, 0) is 0 Å². The van der Waals surface area contributed by atoms with E-state index in [9.17, 15) is 4.79 Å². The Morgan fingerprint density at radius 1 is 1.30 bits per heavy atom. The van der Waals surface area contributed by atoms with Gasteiger partial charge in [-0.2, -0.15) is 0 Å². The Labute approximate surface area is 157 Å². The van der Waals surface area contributed by atoms with Crippen molar-refractivity contribution in [2.24, 2.45) is 5.73 Å². The number of benzene rings is 2. The number of primary amides is 1. The predicted octanol–water partition coefficient (Wildman–Crippen LogP) is 3.55. The standard InChI is InChI=1S/C21H20N4O2/c1-4-9-27-19-12-18-16(11-17(19)20(22)26)21(24-13(3)23-18)25-15-8-6-7-14(5-2)10-15/h2,6-8,10-12H,4,9H2,1,3H3,(H2,22,26)(H,23,24,25). The average Bonchev–Trinajstić information content (AvgIpc) is 2.65. The summed E-state index contributed by atoms with van der Waals surface area (Å²) in [7, 11) is 0. The fourth-order valence-corrected chi connectivity index (χ4v) is 2.72. The van der Waals surface area contributed by atoms with Gasteiger partial charge in [-0.25, -0.2) is 9.97 Å². The first kappa shape index (κ1) is 18.2. The van der Waals surface area contributed by atoms with Crippen LogP contribution in [0.2, 0.25) is 0 Å². The molecule has 2 aromatic carbocycles. The van der Waals surface area contributed by atoms with Gasteiger partial charge in [0, 0.05) is 22.7 Å². The zero-order chi connectivity index (χ0) is 19.4. The molecule has 0 bridgehead atoms. The minimum atomic E-state index is -0.566. The zero-order valence-electron chi connectivity index (χ0n) is 15.2. The van der Waals surface area contributed by atoms with Crippen LogP contribution in [0.15, 0.2) is 36.4 Å². The Morgan fingerprint density at radius 3 is 2.81 bits per heavy atom. The van der Waals surface area contributed by atoms with Crippen LogP contribution in [0.4, 0.5) is 11.5 Å². The van der Waals surface area contributed by atoms with E-state index >= 15 is 0 Å². The van der Waals surface area contributed by atoms with Gasteiger partial charge in [-0.15, -0.1) is 6.42 Å². The van der Waals surface area contributed by atoms with E-state index in [-0.39, 0.29) is 0 Å². The summed E-state index contributed by atoms with van der Waals surface area (Å²) in [6.07, 6.45) is 6.28. The molecule has 1 heterocycles. The second-order valence-corrected chi connectivity index (χ2v) is 6.05. The largest absolute Gasteiger partial charge is 0.493 e. The van der Waals surface area contributed by atoms with Gasteiger partial charge < -0.3 is 15.8 Å². The molecule has 1 amide bonds. The Morgan fingerprint density at radius 2 is 2.11 bits per heavy atom. The summed E-state index contributed by atoms with van der Waals surface area (Å²) in [5, 5.41) is 3.92. The molecule has 27 heavy (non-hydrogen) atoms. The van der Waals surface area contributed by atoms with Crippen LogP contribution < -0.4 is 15.8 Å². The number of terminal acetylenes is 1. The smallest absolute Gasteiger partial charge is 0.252 e. The third kappa shape index (κ3) is 3.98. The lowest BCUT2D eigenvalue weighted by Gasteiger charge is -2.14. The first-order valence-corrected chi connectivity index (χ1v) is 8.60. The molecule has 1 aromatic heterocycles. The number of aromatic nitrogens is 2. The highest BCUT2D eigenvalue weighted by Gasteiger charge is 2.15. The molecule has 3 rings (SSSR count). The number of anilines is 2. The number of hydrogen-bond donors (Lipinski definition) is 2. The highest BCUT2D eigenvalue weighted by molar-refractivity contribution is 6.02. The molecule has 0 radical (unpaired) electrons. The Hall–Kier alpha value is -3.59. The first-order chi connectivity index (χ1) is 13.0. The number of nitrogens with one attached hydrogen (secondary N) is 1. The Kier molecular flexibility index (Phi) is 5.23. The highest BCUT2D eigenvalue weighted by Crippen LogP contribution is 2.30. The summed E-state index contributed by atoms with van der Waals surface area (Å²) in [6, 6.07) is 10.8. The van der Waals surface area contributed by atoms with E-state index in [1.54, 1.807) is 19.1 Å². The van der Waals surface area contributed by atoms with E-state index in [1.807, 2.05) is 31.2 Å². The topological polar surface area (TPSA) is 90.1 Å². The molecule has 0 saturated carbocycles. The van der Waals surface area contributed by atoms with Gasteiger partial charge in [0.1, 0.15) is 17.4 Å². The van der Waals surface area contributed by atoms with E-state index in [0.29, 0.717) is 40.5 Å². The number of aryl methyl sites for hydroxylation is 1. The molecule has 0 unspecified atom stereocenters. The summed E-state index contributed by atoms with van der Waals surface area (Å²) in [6.45, 7) is 4.28. The van der Waals surface area contributed by atoms with Gasteiger partial charge >= 0.3 is 0 Å². The fraction of sp³-hybridized carbons (Fsp3) is 0.190. The molecule has 0 atom stereocenters. The third-order valence-corrected chi connectivity index (χ3v) is 3.93. The zero-order valence-corrected chi connectivity index (χ0v) is 15.2. The van der Waals surface area contributed by atoms with Crippen molar-refractivity contribution in [2.75, 3.05) is 11.9 Å². The van der Waals surface area contributed by atoms with Gasteiger partial charge in [0.05, 0.1) is 17.7 Å². The third-order valence-electron chi connectivity index (χ3n) is 3.93. The number of carbonyl (C=O) groups excluding carboxylic acids is 1. The lowest BCUT2D eigenvalue weighted by molar-refractivity contribution is 0.0996. The molecular formula is C21H20N4O2. The number of hydrogen-bond acceptors (Lipinski definition) is 5. The molecule has 0 aliphatic rings. The van der Waals surface area contributed by atoms with Crippen molar-refractivity contribution >= 4 is 28.3 Å². The number of nitrogens with two attached hydrogens (primary N) is 1. The summed E-state index contributed by atoms with van der Waals surface area (Å²) < 4.78 is 5.68. The minimum absolute atomic E-state index is 0.295. The monoisotopic (exact) mass is 360 g/mol. The summed E-state index contributed by atoms with van der Waals surface area (Å²) in [4.78, 5) is 20.9. The summed E-state index contributed by atoms with van der Waals surface area (Å²) in [5.74, 6) is 3.62. The summed E-state index contributed by atoms with van der Waals surface area (Å²) in [5.41, 5.74) is 8.04. The van der Waals surface area contributed by atoms with E-state index in [0.717, 1.165) is 17.7 Å². The quantitative estimate of drug-likeness (QED) is 0.656. The van der Waals surface area contributed by atoms with Crippen molar-refractivity contribution in [3.05, 3.63) is 53.3 Å². The van der Waals surface area contributed by atoms with Crippen molar-refractivity contribution in [2.45, 2.75) is 20.3 Å². The molecule has 3 aromatic rings. The lowest BCUT2D eigenvalue weighted by atomic mass is 10.1. The SMILES string of the molecule is C#Cc1cccc(Nc2nc(C)nc3cc(OCCC)c(C(N)=O)cc23)c1. The van der Waals surface area contributed by atoms with Gasteiger partial charge in [0.25, 0.3) is 5.91 Å². The molecule has 3 N–H and O–H groups in total. The van der Waals surface area contributed by atoms with Gasteiger partial charge in [0.2, 0.25) is 0 Å². The molecule has 0 fully saturated rings. The number of carbonyl (C=O) groups is 1. The van der Waals surface area contributed by atoms with Crippen molar-refractivity contribution in [3.63, 3.8) is 0 Å². The maximum atomic E-state index is 11.9. The first-order valence-electron chi connectivity index (χ1n) is 8.60. The van der Waals surface area contributed by atoms with Crippen molar-refractivity contribution in [1.82, 2.24) is 9.97 Å². The van der Waals surface area contributed by atoms with Crippen molar-refractivity contribution in [1.29, 1.82) is 0 Å². The highest BCUT2D eigenvalue weighted by atomic mass is 16.5. The Bertz CT molecular complexity index is 1050. The van der Waals surface area contributed by atoms with Gasteiger partial charge in [-0.3, -0.25) is 4.79 Å². The molecule has 6 nitrogen and oxygen atoms in total. The normalized spacial score (nSPS) is 10.4. The van der Waals surface area contributed by atoms with Crippen molar-refractivity contribution in [3.8, 4) is 18.1 Å². The fourth-order valence-electron chi connectivity index (χ4n) is 2.72. The van der Waals surface area contributed by atoms with Crippen LogP contribution in [0.5, 0.6) is 5.75 Å². The maximum Gasteiger partial charge on any atom is 0.252 e. The van der Waals surface area contributed by atoms with E-state index < -0.39 is 5.91 Å². The van der Waals surface area contributed by atoms with Crippen LogP contribution in [0, 0.1) is 19.3 Å². The second-order valence-electron chi connectivity index (χ2n) is 6.05. The van der Waals surface area contributed by atoms with Crippen LogP contribution in [-0.4, -0.2) is 22.5 Å². The number of nitrogens with zero attached hydrogens (tertiary/aromatic N) is 2. The minimum Gasteiger partial charge on any atom is -0.493 e. The van der Waals surface area contributed by atoms with E-state index in [1.165, 1.54) is 0 Å². The molecule has 0 saturated heterocycles. The van der Waals surface area contributed by atoms with Crippen molar-refractivity contribution < 1.29 is 9.53 Å². The van der Waals surface area contributed by atoms with Gasteiger partial charge in [0.15, 0.2) is 0 Å². The van der Waals surface area contributed by atoms with E-state index in [2.05, 4.69) is 21.2 Å². The molecule has 6 heteroatoms. The van der Waals surface area contributed by atoms with Gasteiger partial charge in [-0.1, -0.05) is 18.9 Å². The van der Waals surface area contributed by atoms with E-state index in [4.69, 9.17) is 16.9 Å².